The monoisotopic (exact) mass is 546 g/mol. The molecule has 3 aliphatic rings. The molecule has 5 rings (SSSR count). The highest BCUT2D eigenvalue weighted by molar-refractivity contribution is 9.12. The summed E-state index contributed by atoms with van der Waals surface area (Å²) in [6, 6.07) is 13.7. The average molecular weight is 548 g/mol. The number of hydrogen-bond donors (Lipinski definition) is 1. The number of fused-ring (bicyclic) bond motifs is 5. The SMILES string of the molecule is COc1cccc(NC(=O)c2ccc(N3C(=O)[C@@H]4[C@H]5C[C@@H]([C@H](Br)[C@H]5Br)[C@@H]4C3=O)cc2)c1. The summed E-state index contributed by atoms with van der Waals surface area (Å²) >= 11 is 7.40. The largest absolute Gasteiger partial charge is 0.497 e. The number of imide groups is 1. The molecule has 160 valence electrons. The van der Waals surface area contributed by atoms with E-state index < -0.39 is 0 Å². The third-order valence-corrected chi connectivity index (χ3v) is 9.91. The molecule has 0 spiro atoms. The number of hydrogen-bond acceptors (Lipinski definition) is 4. The van der Waals surface area contributed by atoms with Crippen LogP contribution in [0.3, 0.4) is 0 Å². The van der Waals surface area contributed by atoms with Gasteiger partial charge in [-0.15, -0.1) is 0 Å². The van der Waals surface area contributed by atoms with Crippen molar-refractivity contribution in [2.45, 2.75) is 16.1 Å². The Morgan fingerprint density at radius 2 is 1.61 bits per heavy atom. The van der Waals surface area contributed by atoms with E-state index in [1.807, 2.05) is 0 Å². The maximum atomic E-state index is 13.1. The number of benzene rings is 2. The van der Waals surface area contributed by atoms with Crippen LogP contribution in [0.1, 0.15) is 16.8 Å². The van der Waals surface area contributed by atoms with E-state index >= 15 is 0 Å². The lowest BCUT2D eigenvalue weighted by Crippen LogP contribution is -2.37. The Balaban J connectivity index is 1.34. The lowest BCUT2D eigenvalue weighted by Gasteiger charge is -2.28. The van der Waals surface area contributed by atoms with E-state index in [-0.39, 0.29) is 51.0 Å². The Morgan fingerprint density at radius 3 is 2.19 bits per heavy atom. The number of nitrogens with one attached hydrogen (secondary N) is 1. The highest BCUT2D eigenvalue weighted by atomic mass is 79.9. The van der Waals surface area contributed by atoms with Crippen LogP contribution in [0.4, 0.5) is 11.4 Å². The smallest absolute Gasteiger partial charge is 0.255 e. The fourth-order valence-corrected chi connectivity index (χ4v) is 7.14. The van der Waals surface area contributed by atoms with E-state index in [1.165, 1.54) is 4.90 Å². The van der Waals surface area contributed by atoms with Gasteiger partial charge in [0.25, 0.3) is 5.91 Å². The molecule has 0 aromatic heterocycles. The summed E-state index contributed by atoms with van der Waals surface area (Å²) in [5.41, 5.74) is 1.57. The van der Waals surface area contributed by atoms with E-state index in [2.05, 4.69) is 37.2 Å². The van der Waals surface area contributed by atoms with E-state index in [4.69, 9.17) is 4.74 Å². The third kappa shape index (κ3) is 3.22. The van der Waals surface area contributed by atoms with Crippen LogP contribution in [0.15, 0.2) is 48.5 Å². The van der Waals surface area contributed by atoms with Crippen LogP contribution in [-0.4, -0.2) is 34.5 Å². The molecule has 6 nitrogen and oxygen atoms in total. The van der Waals surface area contributed by atoms with Crippen LogP contribution in [0, 0.1) is 23.7 Å². The van der Waals surface area contributed by atoms with Crippen LogP contribution in [0.5, 0.6) is 5.75 Å². The first-order valence-corrected chi connectivity index (χ1v) is 11.9. The van der Waals surface area contributed by atoms with Crippen molar-refractivity contribution in [2.75, 3.05) is 17.3 Å². The summed E-state index contributed by atoms with van der Waals surface area (Å²) in [6.07, 6.45) is 0.899. The van der Waals surface area contributed by atoms with Gasteiger partial charge in [-0.2, -0.15) is 0 Å². The number of rotatable bonds is 4. The first-order chi connectivity index (χ1) is 14.9. The third-order valence-electron chi connectivity index (χ3n) is 6.70. The lowest BCUT2D eigenvalue weighted by atomic mass is 9.81. The lowest BCUT2D eigenvalue weighted by molar-refractivity contribution is -0.123. The number of carbonyl (C=O) groups is 3. The molecule has 31 heavy (non-hydrogen) atoms. The summed E-state index contributed by atoms with van der Waals surface area (Å²) in [5.74, 6) is -0.0472. The van der Waals surface area contributed by atoms with Crippen LogP contribution >= 0.6 is 31.9 Å². The highest BCUT2D eigenvalue weighted by Gasteiger charge is 2.66. The minimum absolute atomic E-state index is 0.125. The number of amides is 3. The van der Waals surface area contributed by atoms with Gasteiger partial charge in [0, 0.05) is 27.0 Å². The fraction of sp³-hybridized carbons (Fsp3) is 0.348. The Kier molecular flexibility index (Phi) is 5.17. The van der Waals surface area contributed by atoms with Crippen molar-refractivity contribution in [3.8, 4) is 5.75 Å². The predicted octanol–water partition coefficient (Wildman–Crippen LogP) is 4.23. The second kappa shape index (κ2) is 7.74. The number of halogens is 2. The molecule has 3 amide bonds. The van der Waals surface area contributed by atoms with Crippen molar-refractivity contribution in [1.82, 2.24) is 0 Å². The van der Waals surface area contributed by atoms with Crippen LogP contribution in [0.25, 0.3) is 0 Å². The van der Waals surface area contributed by atoms with Gasteiger partial charge < -0.3 is 10.1 Å². The summed E-state index contributed by atoms with van der Waals surface area (Å²) in [6.45, 7) is 0. The molecular formula is C23H20Br2N2O4. The number of carbonyl (C=O) groups excluding carboxylic acids is 3. The number of alkyl halides is 2. The summed E-state index contributed by atoms with van der Waals surface area (Å²) in [5, 5.41) is 2.82. The van der Waals surface area contributed by atoms with Crippen LogP contribution < -0.4 is 15.0 Å². The van der Waals surface area contributed by atoms with E-state index in [1.54, 1.807) is 55.6 Å². The fourth-order valence-electron chi connectivity index (χ4n) is 5.27. The van der Waals surface area contributed by atoms with Gasteiger partial charge >= 0.3 is 0 Å². The number of anilines is 2. The predicted molar refractivity (Wildman–Crippen MR) is 124 cm³/mol. The maximum absolute atomic E-state index is 13.1. The quantitative estimate of drug-likeness (QED) is 0.459. The van der Waals surface area contributed by atoms with Gasteiger partial charge in [0.05, 0.1) is 24.6 Å². The second-order valence-electron chi connectivity index (χ2n) is 8.25. The second-order valence-corrected chi connectivity index (χ2v) is 10.4. The standard InChI is InChI=1S/C23H20Br2N2O4/c1-31-14-4-2-3-12(9-14)26-21(28)11-5-7-13(8-6-11)27-22(29)17-15-10-16(18(17)23(27)30)20(25)19(15)24/h2-9,15-20H,10H2,1H3,(H,26,28)/t15-,16-,17-,18+,19+,20+/m1/s1. The van der Waals surface area contributed by atoms with Gasteiger partial charge in [0.1, 0.15) is 5.75 Å². The first-order valence-electron chi connectivity index (χ1n) is 10.1. The molecule has 1 aliphatic heterocycles. The van der Waals surface area contributed by atoms with Crippen molar-refractivity contribution >= 4 is 61.0 Å². The molecule has 8 heteroatoms. The average Bonchev–Trinajstić information content (AvgIpc) is 3.39. The molecule has 3 fully saturated rings. The Bertz CT molecular complexity index is 1040. The first kappa shape index (κ1) is 20.7. The Morgan fingerprint density at radius 1 is 1.00 bits per heavy atom. The molecule has 0 radical (unpaired) electrons. The van der Waals surface area contributed by atoms with Gasteiger partial charge in [-0.05, 0) is 54.7 Å². The molecule has 6 atom stereocenters. The maximum Gasteiger partial charge on any atom is 0.255 e. The van der Waals surface area contributed by atoms with Crippen molar-refractivity contribution in [3.05, 3.63) is 54.1 Å². The van der Waals surface area contributed by atoms with Crippen molar-refractivity contribution in [1.29, 1.82) is 0 Å². The molecule has 2 aromatic carbocycles. The summed E-state index contributed by atoms with van der Waals surface area (Å²) in [7, 11) is 1.57. The molecule has 1 heterocycles. The van der Waals surface area contributed by atoms with Gasteiger partial charge in [-0.25, -0.2) is 0 Å². The summed E-state index contributed by atoms with van der Waals surface area (Å²) in [4.78, 5) is 40.6. The van der Waals surface area contributed by atoms with E-state index in [0.717, 1.165) is 6.42 Å². The number of ether oxygens (including phenoxy) is 1. The van der Waals surface area contributed by atoms with Gasteiger partial charge in [-0.3, -0.25) is 19.3 Å². The number of nitrogens with zero attached hydrogens (tertiary/aromatic N) is 1. The minimum atomic E-state index is -0.280. The molecular weight excluding hydrogens is 528 g/mol. The van der Waals surface area contributed by atoms with Gasteiger partial charge in [0.15, 0.2) is 0 Å². The Hall–Kier alpha value is -2.19. The number of methoxy groups -OCH3 is 1. The molecule has 1 saturated heterocycles. The van der Waals surface area contributed by atoms with Crippen molar-refractivity contribution < 1.29 is 19.1 Å². The zero-order valence-corrected chi connectivity index (χ0v) is 19.8. The Labute approximate surface area is 196 Å². The highest BCUT2D eigenvalue weighted by Crippen LogP contribution is 2.60. The van der Waals surface area contributed by atoms with Crippen LogP contribution in [-0.2, 0) is 9.59 Å². The minimum Gasteiger partial charge on any atom is -0.497 e. The normalized spacial score (nSPS) is 31.1. The molecule has 2 aliphatic carbocycles. The van der Waals surface area contributed by atoms with Crippen molar-refractivity contribution in [3.63, 3.8) is 0 Å². The molecule has 1 N–H and O–H groups in total. The molecule has 2 saturated carbocycles. The topological polar surface area (TPSA) is 75.7 Å². The summed E-state index contributed by atoms with van der Waals surface area (Å²) < 4.78 is 5.17. The molecule has 0 unspecified atom stereocenters. The molecule has 2 aromatic rings. The zero-order chi connectivity index (χ0) is 21.9. The zero-order valence-electron chi connectivity index (χ0n) is 16.6. The van der Waals surface area contributed by atoms with E-state index in [9.17, 15) is 14.4 Å². The van der Waals surface area contributed by atoms with Gasteiger partial charge in [0.2, 0.25) is 11.8 Å². The van der Waals surface area contributed by atoms with Crippen LogP contribution in [0.2, 0.25) is 0 Å². The molecule has 2 bridgehead atoms. The van der Waals surface area contributed by atoms with E-state index in [0.29, 0.717) is 22.7 Å². The van der Waals surface area contributed by atoms with Gasteiger partial charge in [-0.1, -0.05) is 37.9 Å². The van der Waals surface area contributed by atoms with Crippen molar-refractivity contribution in [2.24, 2.45) is 23.7 Å².